The first-order chi connectivity index (χ1) is 42.0. The molecule has 0 aliphatic carbocycles. The number of nitrogens with zero attached hydrogens (tertiary/aromatic N) is 6. The maximum absolute atomic E-state index is 6.34. The van der Waals surface area contributed by atoms with E-state index < -0.39 is 18.3 Å². The van der Waals surface area contributed by atoms with Gasteiger partial charge in [0.1, 0.15) is 44.7 Å². The second-order valence-electron chi connectivity index (χ2n) is 22.1. The lowest BCUT2D eigenvalue weighted by molar-refractivity contribution is 0.00578. The smallest absolute Gasteiger partial charge is 0.456 e. The van der Waals surface area contributed by atoms with Crippen LogP contribution < -0.4 is 5.46 Å². The molecule has 7 heterocycles. The topological polar surface area (TPSA) is 148 Å². The van der Waals surface area contributed by atoms with Crippen LogP contribution in [0, 0.1) is 0 Å². The summed E-state index contributed by atoms with van der Waals surface area (Å²) in [5.41, 5.74) is 11.3. The van der Waals surface area contributed by atoms with Gasteiger partial charge in [-0.15, -0.1) is 0 Å². The molecule has 86 heavy (non-hydrogen) atoms. The first-order valence-electron chi connectivity index (χ1n) is 28.3. The molecule has 0 radical (unpaired) electrons. The molecule has 1 aliphatic rings. The molecule has 10 aromatic carbocycles. The maximum atomic E-state index is 6.34. The van der Waals surface area contributed by atoms with Crippen molar-refractivity contribution in [2.24, 2.45) is 0 Å². The standard InChI is InChI=1S/C33H19N3O2.C24H21BO4.C15H10ClN3/c1-3-10-20(11-4-1)31-34-32(21-12-5-2-6-13-21)36-33(35-31)23-15-9-17-27-30(23)25-18-24-22-14-7-8-16-26(22)37-28(24)19-29(25)38-27;1-23(2)24(3,4)29-25(28-23)17-9-7-11-19-22(17)16-12-15-14-8-5-6-10-18(14)26-20(15)13-21(16)27-19;16-15-18-13(11-7-3-1-4-8-11)17-14(19-15)12-9-5-2-6-10-12/h1-19H;5-13H,1-4H3;1-10H. The van der Waals surface area contributed by atoms with Crippen LogP contribution in [0.25, 0.3) is 145 Å². The number of para-hydroxylation sites is 2. The number of benzene rings is 10. The molecular weight excluding hydrogens is 1090 g/mol. The van der Waals surface area contributed by atoms with Gasteiger partial charge in [-0.05, 0) is 81.2 Å². The lowest BCUT2D eigenvalue weighted by Gasteiger charge is -2.32. The monoisotopic (exact) mass is 1140 g/mol. The summed E-state index contributed by atoms with van der Waals surface area (Å²) in [6.45, 7) is 8.28. The van der Waals surface area contributed by atoms with Gasteiger partial charge in [0, 0.05) is 83.0 Å². The summed E-state index contributed by atoms with van der Waals surface area (Å²) in [6.07, 6.45) is 0. The quantitative estimate of drug-likeness (QED) is 0.146. The van der Waals surface area contributed by atoms with E-state index in [0.717, 1.165) is 121 Å². The molecule has 6 aromatic heterocycles. The second kappa shape index (κ2) is 21.1. The van der Waals surface area contributed by atoms with Gasteiger partial charge in [-0.25, -0.2) is 19.9 Å². The molecule has 16 aromatic rings. The molecule has 17 rings (SSSR count). The molecule has 0 unspecified atom stereocenters. The third-order valence-electron chi connectivity index (χ3n) is 16.1. The zero-order chi connectivity index (χ0) is 58.1. The molecule has 14 heteroatoms. The highest BCUT2D eigenvalue weighted by molar-refractivity contribution is 6.66. The van der Waals surface area contributed by atoms with E-state index in [-0.39, 0.29) is 5.28 Å². The summed E-state index contributed by atoms with van der Waals surface area (Å²) < 4.78 is 37.3. The van der Waals surface area contributed by atoms with Gasteiger partial charge in [-0.3, -0.25) is 0 Å². The SMILES string of the molecule is CC1(C)OB(c2cccc3oc4cc5oc6ccccc6c5cc4c23)OC1(C)C.Clc1nc(-c2ccccc2)nc(-c2ccccc2)n1.c1ccc(-c2nc(-c3ccccc3)nc(-c3cccc4oc5cc6oc7ccccc7c6cc5c34)n2)cc1. The van der Waals surface area contributed by atoms with Crippen LogP contribution in [0.3, 0.4) is 0 Å². The highest BCUT2D eigenvalue weighted by Crippen LogP contribution is 2.42. The molecule has 0 atom stereocenters. The van der Waals surface area contributed by atoms with Crippen LogP contribution in [0.2, 0.25) is 5.28 Å². The zero-order valence-corrected chi connectivity index (χ0v) is 47.8. The van der Waals surface area contributed by atoms with Gasteiger partial charge in [-0.1, -0.05) is 182 Å². The van der Waals surface area contributed by atoms with E-state index in [0.29, 0.717) is 29.1 Å². The van der Waals surface area contributed by atoms with E-state index in [1.165, 1.54) is 0 Å². The molecule has 1 saturated heterocycles. The number of aromatic nitrogens is 6. The van der Waals surface area contributed by atoms with Crippen molar-refractivity contribution in [1.82, 2.24) is 29.9 Å². The lowest BCUT2D eigenvalue weighted by atomic mass is 9.76. The number of fused-ring (bicyclic) bond motifs is 12. The summed E-state index contributed by atoms with van der Waals surface area (Å²) in [5, 5.41) is 8.57. The van der Waals surface area contributed by atoms with E-state index >= 15 is 0 Å². The van der Waals surface area contributed by atoms with Crippen molar-refractivity contribution in [2.75, 3.05) is 0 Å². The average Bonchev–Trinajstić information content (AvgIpc) is 1.71. The molecule has 414 valence electrons. The number of hydrogen-bond donors (Lipinski definition) is 0. The fourth-order valence-electron chi connectivity index (χ4n) is 11.2. The van der Waals surface area contributed by atoms with Gasteiger partial charge in [0.2, 0.25) is 5.28 Å². The molecule has 12 nitrogen and oxygen atoms in total. The van der Waals surface area contributed by atoms with Crippen LogP contribution in [0.4, 0.5) is 0 Å². The van der Waals surface area contributed by atoms with Crippen LogP contribution in [-0.2, 0) is 9.31 Å². The van der Waals surface area contributed by atoms with E-state index in [2.05, 4.69) is 73.0 Å². The summed E-state index contributed by atoms with van der Waals surface area (Å²) in [4.78, 5) is 27.6. The molecule has 0 N–H and O–H groups in total. The van der Waals surface area contributed by atoms with Crippen molar-refractivity contribution >= 4 is 112 Å². The van der Waals surface area contributed by atoms with Gasteiger partial charge in [0.15, 0.2) is 29.1 Å². The van der Waals surface area contributed by atoms with Crippen molar-refractivity contribution in [3.63, 3.8) is 0 Å². The largest absolute Gasteiger partial charge is 0.495 e. The van der Waals surface area contributed by atoms with Crippen LogP contribution >= 0.6 is 11.6 Å². The molecule has 1 aliphatic heterocycles. The fraction of sp³-hybridized carbons (Fsp3) is 0.0833. The van der Waals surface area contributed by atoms with E-state index in [4.69, 9.17) is 53.5 Å². The first kappa shape index (κ1) is 52.5. The summed E-state index contributed by atoms with van der Waals surface area (Å²) >= 11 is 5.99. The fourth-order valence-corrected chi connectivity index (χ4v) is 11.3. The second-order valence-corrected chi connectivity index (χ2v) is 22.4. The highest BCUT2D eigenvalue weighted by atomic mass is 35.5. The Morgan fingerprint density at radius 2 is 0.651 bits per heavy atom. The van der Waals surface area contributed by atoms with E-state index in [9.17, 15) is 0 Å². The number of furan rings is 4. The van der Waals surface area contributed by atoms with Gasteiger partial charge in [0.25, 0.3) is 0 Å². The van der Waals surface area contributed by atoms with Gasteiger partial charge in [0.05, 0.1) is 11.2 Å². The predicted octanol–water partition coefficient (Wildman–Crippen LogP) is 18.3. The van der Waals surface area contributed by atoms with E-state index in [1.807, 2.05) is 200 Å². The normalized spacial score (nSPS) is 13.7. The Morgan fingerprint density at radius 1 is 0.302 bits per heavy atom. The van der Waals surface area contributed by atoms with E-state index in [1.54, 1.807) is 0 Å². The van der Waals surface area contributed by atoms with Gasteiger partial charge < -0.3 is 27.0 Å². The van der Waals surface area contributed by atoms with Crippen molar-refractivity contribution in [3.8, 4) is 56.9 Å². The first-order valence-corrected chi connectivity index (χ1v) is 28.6. The van der Waals surface area contributed by atoms with Crippen LogP contribution in [0.15, 0.2) is 248 Å². The number of halogens is 1. The Kier molecular flexibility index (Phi) is 12.9. The Labute approximate surface area is 497 Å². The lowest BCUT2D eigenvalue weighted by Crippen LogP contribution is -2.41. The van der Waals surface area contributed by atoms with Crippen molar-refractivity contribution in [2.45, 2.75) is 38.9 Å². The summed E-state index contributed by atoms with van der Waals surface area (Å²) in [6, 6.07) is 76.0. The maximum Gasteiger partial charge on any atom is 0.495 e. The Balaban J connectivity index is 0.000000115. The van der Waals surface area contributed by atoms with Crippen molar-refractivity contribution in [1.29, 1.82) is 0 Å². The molecule has 0 saturated carbocycles. The highest BCUT2D eigenvalue weighted by Gasteiger charge is 2.52. The molecular formula is C72H50BClN6O6. The predicted molar refractivity (Wildman–Crippen MR) is 343 cm³/mol. The summed E-state index contributed by atoms with van der Waals surface area (Å²) in [5.74, 6) is 3.02. The summed E-state index contributed by atoms with van der Waals surface area (Å²) in [7, 11) is -0.443. The van der Waals surface area contributed by atoms with Crippen molar-refractivity contribution in [3.05, 3.63) is 236 Å². The van der Waals surface area contributed by atoms with Crippen molar-refractivity contribution < 1.29 is 27.0 Å². The van der Waals surface area contributed by atoms with Crippen LogP contribution in [0.5, 0.6) is 0 Å². The number of rotatable bonds is 6. The molecule has 1 fully saturated rings. The van der Waals surface area contributed by atoms with Crippen LogP contribution in [-0.4, -0.2) is 48.2 Å². The molecule has 0 amide bonds. The minimum absolute atomic E-state index is 0.202. The minimum atomic E-state index is -0.443. The number of hydrogen-bond acceptors (Lipinski definition) is 12. The molecule has 0 spiro atoms. The average molecular weight is 1140 g/mol. The third-order valence-corrected chi connectivity index (χ3v) is 16.3. The van der Waals surface area contributed by atoms with Gasteiger partial charge in [-0.2, -0.15) is 9.97 Å². The third kappa shape index (κ3) is 9.48. The molecule has 0 bridgehead atoms. The Hall–Kier alpha value is -10.3. The minimum Gasteiger partial charge on any atom is -0.456 e. The van der Waals surface area contributed by atoms with Crippen LogP contribution in [0.1, 0.15) is 27.7 Å². The van der Waals surface area contributed by atoms with Gasteiger partial charge >= 0.3 is 7.12 Å². The zero-order valence-electron chi connectivity index (χ0n) is 47.0. The Morgan fingerprint density at radius 3 is 1.12 bits per heavy atom. The Bertz CT molecular complexity index is 5090.